The Morgan fingerprint density at radius 2 is 2.11 bits per heavy atom. The molecule has 2 aromatic rings. The minimum absolute atomic E-state index is 0.327. The highest BCUT2D eigenvalue weighted by atomic mass is 32.2. The van der Waals surface area contributed by atoms with Gasteiger partial charge in [0.1, 0.15) is 5.82 Å². The number of nitrogens with two attached hydrogens (primary N) is 1. The van der Waals surface area contributed by atoms with Gasteiger partial charge in [-0.2, -0.15) is 16.7 Å². The predicted molar refractivity (Wildman–Crippen MR) is 82.5 cm³/mol. The predicted octanol–water partition coefficient (Wildman–Crippen LogP) is 2.91. The SMILES string of the molecule is CSC1(CNc2nc(N)nc3ccccc23)CCC1. The van der Waals surface area contributed by atoms with E-state index in [2.05, 4.69) is 21.5 Å². The fourth-order valence-electron chi connectivity index (χ4n) is 2.50. The van der Waals surface area contributed by atoms with E-state index >= 15 is 0 Å². The molecule has 1 fully saturated rings. The first-order valence-electron chi connectivity index (χ1n) is 6.54. The fraction of sp³-hybridized carbons (Fsp3) is 0.429. The molecule has 0 radical (unpaired) electrons. The third-order valence-corrected chi connectivity index (χ3v) is 5.31. The summed E-state index contributed by atoms with van der Waals surface area (Å²) in [6.07, 6.45) is 6.07. The van der Waals surface area contributed by atoms with Crippen LogP contribution in [-0.4, -0.2) is 27.5 Å². The van der Waals surface area contributed by atoms with Gasteiger partial charge in [0.15, 0.2) is 0 Å². The zero-order valence-electron chi connectivity index (χ0n) is 11.0. The van der Waals surface area contributed by atoms with Crippen LogP contribution in [0.15, 0.2) is 24.3 Å². The molecular formula is C14H18N4S. The van der Waals surface area contributed by atoms with Crippen LogP contribution in [0.3, 0.4) is 0 Å². The van der Waals surface area contributed by atoms with E-state index in [-0.39, 0.29) is 0 Å². The summed E-state index contributed by atoms with van der Waals surface area (Å²) in [5.74, 6) is 1.18. The minimum Gasteiger partial charge on any atom is -0.368 e. The summed E-state index contributed by atoms with van der Waals surface area (Å²) in [6, 6.07) is 7.96. The standard InChI is InChI=1S/C14H18N4S/c1-19-14(7-4-8-14)9-16-12-10-5-2-3-6-11(10)17-13(15)18-12/h2-3,5-6H,4,7-9H2,1H3,(H3,15,16,17,18). The van der Waals surface area contributed by atoms with Crippen LogP contribution in [0.5, 0.6) is 0 Å². The number of para-hydroxylation sites is 1. The van der Waals surface area contributed by atoms with Crippen LogP contribution in [0.25, 0.3) is 10.9 Å². The van der Waals surface area contributed by atoms with Crippen LogP contribution in [0, 0.1) is 0 Å². The van der Waals surface area contributed by atoms with Gasteiger partial charge in [-0.25, -0.2) is 4.98 Å². The molecule has 4 nitrogen and oxygen atoms in total. The normalized spacial score (nSPS) is 17.1. The van der Waals surface area contributed by atoms with Gasteiger partial charge in [-0.3, -0.25) is 0 Å². The molecule has 0 bridgehead atoms. The van der Waals surface area contributed by atoms with E-state index in [1.165, 1.54) is 19.3 Å². The van der Waals surface area contributed by atoms with Crippen molar-refractivity contribution in [3.05, 3.63) is 24.3 Å². The molecule has 0 amide bonds. The molecule has 5 heteroatoms. The van der Waals surface area contributed by atoms with E-state index in [1.807, 2.05) is 36.0 Å². The number of thioether (sulfide) groups is 1. The largest absolute Gasteiger partial charge is 0.368 e. The van der Waals surface area contributed by atoms with E-state index < -0.39 is 0 Å². The Morgan fingerprint density at radius 3 is 2.79 bits per heavy atom. The first-order valence-corrected chi connectivity index (χ1v) is 7.76. The molecule has 3 N–H and O–H groups in total. The third kappa shape index (κ3) is 2.34. The summed E-state index contributed by atoms with van der Waals surface area (Å²) in [7, 11) is 0. The first kappa shape index (κ1) is 12.5. The van der Waals surface area contributed by atoms with E-state index in [0.717, 1.165) is 23.3 Å². The maximum atomic E-state index is 5.78. The maximum absolute atomic E-state index is 5.78. The van der Waals surface area contributed by atoms with Crippen molar-refractivity contribution in [2.75, 3.05) is 23.9 Å². The lowest BCUT2D eigenvalue weighted by molar-refractivity contribution is 0.380. The van der Waals surface area contributed by atoms with Gasteiger partial charge in [-0.15, -0.1) is 0 Å². The minimum atomic E-state index is 0.327. The van der Waals surface area contributed by atoms with Crippen molar-refractivity contribution in [1.82, 2.24) is 9.97 Å². The lowest BCUT2D eigenvalue weighted by Gasteiger charge is -2.40. The number of fused-ring (bicyclic) bond motifs is 1. The number of aromatic nitrogens is 2. The van der Waals surface area contributed by atoms with E-state index in [1.54, 1.807) is 0 Å². The highest BCUT2D eigenvalue weighted by molar-refractivity contribution is 8.00. The summed E-state index contributed by atoms with van der Waals surface area (Å²) in [4.78, 5) is 8.60. The fourth-order valence-corrected chi connectivity index (χ4v) is 3.41. The second-order valence-corrected chi connectivity index (χ2v) is 6.32. The molecule has 100 valence electrons. The van der Waals surface area contributed by atoms with E-state index in [4.69, 9.17) is 5.73 Å². The average Bonchev–Trinajstić information content (AvgIpc) is 2.37. The number of hydrogen-bond donors (Lipinski definition) is 2. The Bertz CT molecular complexity index is 590. The van der Waals surface area contributed by atoms with Gasteiger partial charge in [-0.1, -0.05) is 18.6 Å². The Hall–Kier alpha value is -1.49. The maximum Gasteiger partial charge on any atom is 0.222 e. The van der Waals surface area contributed by atoms with E-state index in [0.29, 0.717) is 10.7 Å². The monoisotopic (exact) mass is 274 g/mol. The zero-order chi connectivity index (χ0) is 13.3. The number of rotatable bonds is 4. The summed E-state index contributed by atoms with van der Waals surface area (Å²) in [5.41, 5.74) is 6.67. The van der Waals surface area contributed by atoms with Crippen molar-refractivity contribution in [1.29, 1.82) is 0 Å². The topological polar surface area (TPSA) is 63.8 Å². The second kappa shape index (κ2) is 4.89. The van der Waals surface area contributed by atoms with Crippen molar-refractivity contribution in [2.45, 2.75) is 24.0 Å². The Morgan fingerprint density at radius 1 is 1.32 bits per heavy atom. The molecule has 3 rings (SSSR count). The van der Waals surface area contributed by atoms with Gasteiger partial charge in [0.25, 0.3) is 0 Å². The first-order chi connectivity index (χ1) is 9.22. The van der Waals surface area contributed by atoms with Crippen LogP contribution >= 0.6 is 11.8 Å². The van der Waals surface area contributed by atoms with E-state index in [9.17, 15) is 0 Å². The molecule has 1 aliphatic carbocycles. The van der Waals surface area contributed by atoms with Gasteiger partial charge < -0.3 is 11.1 Å². The van der Waals surface area contributed by atoms with Crippen molar-refractivity contribution in [2.24, 2.45) is 0 Å². The Balaban J connectivity index is 1.88. The molecule has 19 heavy (non-hydrogen) atoms. The average molecular weight is 274 g/mol. The molecule has 0 unspecified atom stereocenters. The summed E-state index contributed by atoms with van der Waals surface area (Å²) < 4.78 is 0.376. The number of anilines is 2. The summed E-state index contributed by atoms with van der Waals surface area (Å²) >= 11 is 1.95. The number of hydrogen-bond acceptors (Lipinski definition) is 5. The van der Waals surface area contributed by atoms with Crippen LogP contribution in [0.1, 0.15) is 19.3 Å². The van der Waals surface area contributed by atoms with Crippen molar-refractivity contribution in [3.63, 3.8) is 0 Å². The Kier molecular flexibility index (Phi) is 3.22. The van der Waals surface area contributed by atoms with Crippen LogP contribution in [0.4, 0.5) is 11.8 Å². The van der Waals surface area contributed by atoms with Gasteiger partial charge in [0.2, 0.25) is 5.95 Å². The van der Waals surface area contributed by atoms with Gasteiger partial charge in [0, 0.05) is 16.7 Å². The Labute approximate surface area is 117 Å². The number of benzene rings is 1. The molecule has 1 heterocycles. The molecule has 0 spiro atoms. The molecule has 0 atom stereocenters. The molecule has 0 aliphatic heterocycles. The molecule has 1 aromatic heterocycles. The third-order valence-electron chi connectivity index (χ3n) is 3.90. The lowest BCUT2D eigenvalue weighted by Crippen LogP contribution is -2.40. The van der Waals surface area contributed by atoms with Crippen LogP contribution in [0.2, 0.25) is 0 Å². The molecule has 0 saturated heterocycles. The van der Waals surface area contributed by atoms with Crippen LogP contribution in [-0.2, 0) is 0 Å². The highest BCUT2D eigenvalue weighted by Gasteiger charge is 2.35. The molecule has 1 aromatic carbocycles. The molecular weight excluding hydrogens is 256 g/mol. The number of nitrogens with zero attached hydrogens (tertiary/aromatic N) is 2. The summed E-state index contributed by atoms with van der Waals surface area (Å²) in [5, 5.41) is 4.50. The van der Waals surface area contributed by atoms with Crippen molar-refractivity contribution in [3.8, 4) is 0 Å². The smallest absolute Gasteiger partial charge is 0.222 e. The molecule has 1 aliphatic rings. The highest BCUT2D eigenvalue weighted by Crippen LogP contribution is 2.42. The van der Waals surface area contributed by atoms with Gasteiger partial charge in [-0.05, 0) is 31.2 Å². The number of nitrogens with one attached hydrogen (secondary N) is 1. The van der Waals surface area contributed by atoms with Gasteiger partial charge in [0.05, 0.1) is 5.52 Å². The van der Waals surface area contributed by atoms with Crippen molar-refractivity contribution < 1.29 is 0 Å². The second-order valence-electron chi connectivity index (χ2n) is 5.04. The quantitative estimate of drug-likeness (QED) is 0.897. The van der Waals surface area contributed by atoms with Crippen molar-refractivity contribution >= 4 is 34.4 Å². The summed E-state index contributed by atoms with van der Waals surface area (Å²) in [6.45, 7) is 0.939. The molecule has 1 saturated carbocycles. The van der Waals surface area contributed by atoms with Gasteiger partial charge >= 0.3 is 0 Å². The van der Waals surface area contributed by atoms with Crippen LogP contribution < -0.4 is 11.1 Å². The lowest BCUT2D eigenvalue weighted by atomic mass is 9.84. The zero-order valence-corrected chi connectivity index (χ0v) is 11.8. The number of nitrogen functional groups attached to an aromatic ring is 1.